The van der Waals surface area contributed by atoms with Crippen molar-refractivity contribution in [2.45, 2.75) is 25.9 Å². The number of aryl methyl sites for hydroxylation is 1. The molecule has 1 N–H and O–H groups in total. The number of benzene rings is 2. The highest BCUT2D eigenvalue weighted by atomic mass is 19.1. The summed E-state index contributed by atoms with van der Waals surface area (Å²) in [5.74, 6) is -1.27. The van der Waals surface area contributed by atoms with E-state index < -0.39 is 18.0 Å². The monoisotopic (exact) mass is 315 g/mol. The first-order valence-corrected chi connectivity index (χ1v) is 7.34. The number of rotatable bonds is 6. The maximum absolute atomic E-state index is 12.8. The minimum atomic E-state index is -0.914. The van der Waals surface area contributed by atoms with Gasteiger partial charge in [-0.2, -0.15) is 0 Å². The Kier molecular flexibility index (Phi) is 5.86. The lowest BCUT2D eigenvalue weighted by atomic mass is 10.1. The summed E-state index contributed by atoms with van der Waals surface area (Å²) in [6.45, 7) is 1.50. The average Bonchev–Trinajstić information content (AvgIpc) is 2.56. The van der Waals surface area contributed by atoms with Gasteiger partial charge in [0.05, 0.1) is 0 Å². The first kappa shape index (κ1) is 16.7. The number of hydrogen-bond donors (Lipinski definition) is 1. The van der Waals surface area contributed by atoms with Crippen LogP contribution in [0.15, 0.2) is 54.6 Å². The fourth-order valence-corrected chi connectivity index (χ4v) is 1.98. The van der Waals surface area contributed by atoms with E-state index in [0.717, 1.165) is 5.56 Å². The van der Waals surface area contributed by atoms with Crippen LogP contribution in [0.3, 0.4) is 0 Å². The van der Waals surface area contributed by atoms with Gasteiger partial charge in [0.15, 0.2) is 6.10 Å². The number of halogens is 1. The van der Waals surface area contributed by atoms with Crippen LogP contribution in [-0.4, -0.2) is 18.0 Å². The average molecular weight is 315 g/mol. The van der Waals surface area contributed by atoms with E-state index in [-0.39, 0.29) is 12.2 Å². The molecule has 5 heteroatoms. The molecule has 0 aromatic heterocycles. The van der Waals surface area contributed by atoms with Crippen LogP contribution in [0.2, 0.25) is 0 Å². The van der Waals surface area contributed by atoms with E-state index in [0.29, 0.717) is 12.1 Å². The van der Waals surface area contributed by atoms with Crippen molar-refractivity contribution in [2.24, 2.45) is 0 Å². The van der Waals surface area contributed by atoms with Gasteiger partial charge >= 0.3 is 5.97 Å². The molecule has 0 fully saturated rings. The summed E-state index contributed by atoms with van der Waals surface area (Å²) in [6.07, 6.45) is -0.146. The van der Waals surface area contributed by atoms with E-state index in [1.54, 1.807) is 0 Å². The Morgan fingerprint density at radius 2 is 1.74 bits per heavy atom. The first-order chi connectivity index (χ1) is 11.0. The molecular weight excluding hydrogens is 297 g/mol. The van der Waals surface area contributed by atoms with Gasteiger partial charge in [-0.15, -0.1) is 0 Å². The van der Waals surface area contributed by atoms with E-state index in [9.17, 15) is 14.0 Å². The van der Waals surface area contributed by atoms with Crippen molar-refractivity contribution >= 4 is 17.6 Å². The molecule has 23 heavy (non-hydrogen) atoms. The number of carbonyl (C=O) groups excluding carboxylic acids is 2. The molecule has 0 aliphatic rings. The van der Waals surface area contributed by atoms with Gasteiger partial charge in [0.2, 0.25) is 0 Å². The Labute approximate surface area is 134 Å². The molecule has 120 valence electrons. The molecule has 0 saturated carbocycles. The van der Waals surface area contributed by atoms with Crippen LogP contribution < -0.4 is 5.32 Å². The first-order valence-electron chi connectivity index (χ1n) is 7.34. The number of nitrogens with one attached hydrogen (secondary N) is 1. The van der Waals surface area contributed by atoms with Gasteiger partial charge in [0.25, 0.3) is 5.91 Å². The predicted octanol–water partition coefficient (Wildman–Crippen LogP) is 3.33. The van der Waals surface area contributed by atoms with Crippen molar-refractivity contribution in [3.8, 4) is 0 Å². The zero-order valence-corrected chi connectivity index (χ0v) is 12.8. The van der Waals surface area contributed by atoms with Crippen molar-refractivity contribution in [2.75, 3.05) is 5.32 Å². The third kappa shape index (κ3) is 5.54. The van der Waals surface area contributed by atoms with Gasteiger partial charge in [-0.3, -0.25) is 9.59 Å². The maximum atomic E-state index is 12.8. The normalized spacial score (nSPS) is 11.6. The molecular formula is C18H18FNO3. The second-order valence-corrected chi connectivity index (χ2v) is 5.11. The van der Waals surface area contributed by atoms with Crippen molar-refractivity contribution in [1.82, 2.24) is 0 Å². The van der Waals surface area contributed by atoms with E-state index >= 15 is 0 Å². The molecule has 0 bridgehead atoms. The summed E-state index contributed by atoms with van der Waals surface area (Å²) in [4.78, 5) is 23.7. The number of esters is 1. The Balaban J connectivity index is 1.78. The lowest BCUT2D eigenvalue weighted by molar-refractivity contribution is -0.153. The maximum Gasteiger partial charge on any atom is 0.306 e. The van der Waals surface area contributed by atoms with Gasteiger partial charge in [-0.1, -0.05) is 30.3 Å². The largest absolute Gasteiger partial charge is 0.453 e. The Hall–Kier alpha value is -2.69. The predicted molar refractivity (Wildman–Crippen MR) is 85.3 cm³/mol. The Morgan fingerprint density at radius 1 is 1.09 bits per heavy atom. The van der Waals surface area contributed by atoms with Crippen LogP contribution in [0.25, 0.3) is 0 Å². The van der Waals surface area contributed by atoms with E-state index in [1.807, 2.05) is 30.3 Å². The third-order valence-electron chi connectivity index (χ3n) is 3.25. The molecule has 4 nitrogen and oxygen atoms in total. The SMILES string of the molecule is C[C@H](OC(=O)CCc1ccccc1)C(=O)Nc1ccc(F)cc1. The van der Waals surface area contributed by atoms with Crippen molar-refractivity contribution in [3.05, 3.63) is 66.0 Å². The third-order valence-corrected chi connectivity index (χ3v) is 3.25. The molecule has 2 rings (SSSR count). The highest BCUT2D eigenvalue weighted by Gasteiger charge is 2.17. The number of carbonyl (C=O) groups is 2. The van der Waals surface area contributed by atoms with Crippen LogP contribution >= 0.6 is 0 Å². The van der Waals surface area contributed by atoms with Crippen LogP contribution in [0.4, 0.5) is 10.1 Å². The summed E-state index contributed by atoms with van der Waals surface area (Å²) in [5, 5.41) is 2.57. The summed E-state index contributed by atoms with van der Waals surface area (Å²) in [7, 11) is 0. The van der Waals surface area contributed by atoms with Crippen molar-refractivity contribution < 1.29 is 18.7 Å². The molecule has 1 atom stereocenters. The van der Waals surface area contributed by atoms with Crippen LogP contribution in [0.1, 0.15) is 18.9 Å². The second-order valence-electron chi connectivity index (χ2n) is 5.11. The molecule has 0 saturated heterocycles. The molecule has 2 aromatic carbocycles. The van der Waals surface area contributed by atoms with E-state index in [2.05, 4.69) is 5.32 Å². The molecule has 0 spiro atoms. The second kappa shape index (κ2) is 8.08. The molecule has 0 radical (unpaired) electrons. The van der Waals surface area contributed by atoms with Crippen molar-refractivity contribution in [1.29, 1.82) is 0 Å². The molecule has 0 heterocycles. The zero-order chi connectivity index (χ0) is 16.7. The zero-order valence-electron chi connectivity index (χ0n) is 12.8. The lowest BCUT2D eigenvalue weighted by Gasteiger charge is -2.13. The summed E-state index contributed by atoms with van der Waals surface area (Å²) >= 11 is 0. The fourth-order valence-electron chi connectivity index (χ4n) is 1.98. The highest BCUT2D eigenvalue weighted by Crippen LogP contribution is 2.10. The molecule has 0 unspecified atom stereocenters. The van der Waals surface area contributed by atoms with Crippen molar-refractivity contribution in [3.63, 3.8) is 0 Å². The molecule has 0 aliphatic heterocycles. The van der Waals surface area contributed by atoms with Gasteiger partial charge in [-0.05, 0) is 43.2 Å². The molecule has 2 aromatic rings. The van der Waals surface area contributed by atoms with Gasteiger partial charge in [-0.25, -0.2) is 4.39 Å². The van der Waals surface area contributed by atoms with Crippen LogP contribution in [0.5, 0.6) is 0 Å². The summed E-state index contributed by atoms with van der Waals surface area (Å²) < 4.78 is 17.9. The number of ether oxygens (including phenoxy) is 1. The van der Waals surface area contributed by atoms with Crippen LogP contribution in [0, 0.1) is 5.82 Å². The lowest BCUT2D eigenvalue weighted by Crippen LogP contribution is -2.30. The number of anilines is 1. The number of amides is 1. The smallest absolute Gasteiger partial charge is 0.306 e. The quantitative estimate of drug-likeness (QED) is 0.832. The minimum absolute atomic E-state index is 0.207. The topological polar surface area (TPSA) is 55.4 Å². The number of hydrogen-bond acceptors (Lipinski definition) is 3. The van der Waals surface area contributed by atoms with Gasteiger partial charge < -0.3 is 10.1 Å². The van der Waals surface area contributed by atoms with E-state index in [1.165, 1.54) is 31.2 Å². The van der Waals surface area contributed by atoms with Crippen LogP contribution in [-0.2, 0) is 20.7 Å². The summed E-state index contributed by atoms with van der Waals surface area (Å²) in [6, 6.07) is 14.9. The highest BCUT2D eigenvalue weighted by molar-refractivity contribution is 5.95. The Bertz CT molecular complexity index is 656. The Morgan fingerprint density at radius 3 is 2.39 bits per heavy atom. The minimum Gasteiger partial charge on any atom is -0.453 e. The molecule has 0 aliphatic carbocycles. The fraction of sp³-hybridized carbons (Fsp3) is 0.222. The standard InChI is InChI=1S/C18H18FNO3/c1-13(18(22)20-16-10-8-15(19)9-11-16)23-17(21)12-7-14-5-3-2-4-6-14/h2-6,8-11,13H,7,12H2,1H3,(H,20,22)/t13-/m0/s1. The van der Waals surface area contributed by atoms with Gasteiger partial charge in [0.1, 0.15) is 5.82 Å². The van der Waals surface area contributed by atoms with E-state index in [4.69, 9.17) is 4.74 Å². The molecule has 1 amide bonds. The van der Waals surface area contributed by atoms with Gasteiger partial charge in [0, 0.05) is 12.1 Å². The summed E-state index contributed by atoms with van der Waals surface area (Å²) in [5.41, 5.74) is 1.48.